The lowest BCUT2D eigenvalue weighted by atomic mass is 10.1. The van der Waals surface area contributed by atoms with E-state index in [1.165, 1.54) is 11.1 Å². The first-order chi connectivity index (χ1) is 8.60. The molecule has 3 nitrogen and oxygen atoms in total. The smallest absolute Gasteiger partial charge is 0.128 e. The first kappa shape index (κ1) is 12.0. The Kier molecular flexibility index (Phi) is 3.20. The van der Waals surface area contributed by atoms with E-state index in [0.29, 0.717) is 17.0 Å². The Hall–Kier alpha value is -2.47. The molecular formula is C15H14N2O. The van der Waals surface area contributed by atoms with Gasteiger partial charge in [-0.15, -0.1) is 0 Å². The predicted octanol–water partition coefficient (Wildman–Crippen LogP) is 3.55. The van der Waals surface area contributed by atoms with Gasteiger partial charge in [0.15, 0.2) is 0 Å². The molecule has 2 aromatic carbocycles. The molecule has 0 aliphatic carbocycles. The summed E-state index contributed by atoms with van der Waals surface area (Å²) in [6, 6.07) is 13.0. The zero-order chi connectivity index (χ0) is 13.1. The molecule has 0 fully saturated rings. The molecule has 0 saturated carbocycles. The van der Waals surface area contributed by atoms with Crippen molar-refractivity contribution in [3.05, 3.63) is 53.1 Å². The Bertz CT molecular complexity index is 627. The lowest BCUT2D eigenvalue weighted by molar-refractivity contribution is 0.482. The number of anilines is 1. The number of nitrogen functional groups attached to an aromatic ring is 1. The van der Waals surface area contributed by atoms with Crippen LogP contribution >= 0.6 is 0 Å². The summed E-state index contributed by atoms with van der Waals surface area (Å²) in [5, 5.41) is 8.90. The molecule has 0 aromatic heterocycles. The molecule has 0 amide bonds. The summed E-state index contributed by atoms with van der Waals surface area (Å²) in [5.41, 5.74) is 8.94. The molecule has 0 radical (unpaired) electrons. The molecule has 2 N–H and O–H groups in total. The summed E-state index contributed by atoms with van der Waals surface area (Å²) < 4.78 is 5.70. The van der Waals surface area contributed by atoms with Crippen LogP contribution in [-0.4, -0.2) is 0 Å². The zero-order valence-electron chi connectivity index (χ0n) is 10.4. The lowest BCUT2D eigenvalue weighted by Crippen LogP contribution is -1.92. The minimum Gasteiger partial charge on any atom is -0.457 e. The lowest BCUT2D eigenvalue weighted by Gasteiger charge is -2.08. The fourth-order valence-corrected chi connectivity index (χ4v) is 1.61. The normalized spacial score (nSPS) is 9.83. The first-order valence-corrected chi connectivity index (χ1v) is 5.65. The highest BCUT2D eigenvalue weighted by Crippen LogP contribution is 2.26. The molecule has 0 saturated heterocycles. The number of ether oxygens (including phenoxy) is 1. The molecule has 2 rings (SSSR count). The number of nitriles is 1. The van der Waals surface area contributed by atoms with Crippen LogP contribution in [0, 0.1) is 25.2 Å². The number of benzene rings is 2. The van der Waals surface area contributed by atoms with Crippen LogP contribution in [0.4, 0.5) is 5.69 Å². The number of rotatable bonds is 2. The molecule has 0 atom stereocenters. The van der Waals surface area contributed by atoms with Crippen molar-refractivity contribution >= 4 is 5.69 Å². The number of nitrogens with zero attached hydrogens (tertiary/aromatic N) is 1. The van der Waals surface area contributed by atoms with Gasteiger partial charge in [-0.2, -0.15) is 5.26 Å². The fraction of sp³-hybridized carbons (Fsp3) is 0.133. The third kappa shape index (κ3) is 2.44. The second-order valence-corrected chi connectivity index (χ2v) is 4.21. The predicted molar refractivity (Wildman–Crippen MR) is 71.6 cm³/mol. The van der Waals surface area contributed by atoms with Gasteiger partial charge < -0.3 is 10.5 Å². The molecule has 0 heterocycles. The highest BCUT2D eigenvalue weighted by atomic mass is 16.5. The van der Waals surface area contributed by atoms with Crippen LogP contribution in [0.5, 0.6) is 11.5 Å². The van der Waals surface area contributed by atoms with Crippen molar-refractivity contribution in [2.24, 2.45) is 0 Å². The van der Waals surface area contributed by atoms with Crippen LogP contribution in [0.1, 0.15) is 16.7 Å². The molecule has 2 aromatic rings. The van der Waals surface area contributed by atoms with E-state index in [4.69, 9.17) is 15.7 Å². The average molecular weight is 238 g/mol. The summed E-state index contributed by atoms with van der Waals surface area (Å²) >= 11 is 0. The standard InChI is InChI=1S/C15H14N2O/c1-10-3-4-13(7-11(10)2)18-14-5-6-15(17)12(8-14)9-16/h3-8H,17H2,1-2H3. The summed E-state index contributed by atoms with van der Waals surface area (Å²) in [6.45, 7) is 4.09. The molecule has 90 valence electrons. The van der Waals surface area contributed by atoms with Gasteiger partial charge >= 0.3 is 0 Å². The summed E-state index contributed by atoms with van der Waals surface area (Å²) in [6.07, 6.45) is 0. The minimum absolute atomic E-state index is 0.427. The Morgan fingerprint density at radius 2 is 1.67 bits per heavy atom. The van der Waals surface area contributed by atoms with Gasteiger partial charge in [0.1, 0.15) is 17.6 Å². The Morgan fingerprint density at radius 3 is 2.33 bits per heavy atom. The van der Waals surface area contributed by atoms with Crippen molar-refractivity contribution in [1.29, 1.82) is 5.26 Å². The molecule has 3 heteroatoms. The van der Waals surface area contributed by atoms with Gasteiger partial charge in [0.05, 0.1) is 5.56 Å². The van der Waals surface area contributed by atoms with E-state index in [0.717, 1.165) is 5.75 Å². The van der Waals surface area contributed by atoms with Gasteiger partial charge in [0, 0.05) is 11.8 Å². The molecule has 0 unspecified atom stereocenters. The van der Waals surface area contributed by atoms with Crippen molar-refractivity contribution in [2.45, 2.75) is 13.8 Å². The van der Waals surface area contributed by atoms with Crippen LogP contribution in [-0.2, 0) is 0 Å². The molecule has 0 aliphatic heterocycles. The Balaban J connectivity index is 2.29. The monoisotopic (exact) mass is 238 g/mol. The maximum Gasteiger partial charge on any atom is 0.128 e. The molecule has 18 heavy (non-hydrogen) atoms. The summed E-state index contributed by atoms with van der Waals surface area (Å²) in [4.78, 5) is 0. The molecule has 0 aliphatic rings. The van der Waals surface area contributed by atoms with Gasteiger partial charge in [-0.3, -0.25) is 0 Å². The topological polar surface area (TPSA) is 59.0 Å². The van der Waals surface area contributed by atoms with E-state index in [2.05, 4.69) is 6.92 Å². The summed E-state index contributed by atoms with van der Waals surface area (Å²) in [7, 11) is 0. The van der Waals surface area contributed by atoms with E-state index >= 15 is 0 Å². The van der Waals surface area contributed by atoms with Crippen LogP contribution < -0.4 is 10.5 Å². The highest BCUT2D eigenvalue weighted by Gasteiger charge is 2.03. The quantitative estimate of drug-likeness (QED) is 0.814. The maximum atomic E-state index is 8.90. The van der Waals surface area contributed by atoms with Crippen molar-refractivity contribution < 1.29 is 4.74 Å². The van der Waals surface area contributed by atoms with Crippen molar-refractivity contribution in [1.82, 2.24) is 0 Å². The van der Waals surface area contributed by atoms with E-state index in [-0.39, 0.29) is 0 Å². The number of aryl methyl sites for hydroxylation is 2. The maximum absolute atomic E-state index is 8.90. The zero-order valence-corrected chi connectivity index (χ0v) is 10.4. The fourth-order valence-electron chi connectivity index (χ4n) is 1.61. The van der Waals surface area contributed by atoms with E-state index in [1.54, 1.807) is 18.2 Å². The van der Waals surface area contributed by atoms with E-state index in [1.807, 2.05) is 31.2 Å². The van der Waals surface area contributed by atoms with Crippen LogP contribution in [0.2, 0.25) is 0 Å². The third-order valence-electron chi connectivity index (χ3n) is 2.86. The highest BCUT2D eigenvalue weighted by molar-refractivity contribution is 5.57. The second-order valence-electron chi connectivity index (χ2n) is 4.21. The molecule has 0 spiro atoms. The van der Waals surface area contributed by atoms with Crippen LogP contribution in [0.15, 0.2) is 36.4 Å². The number of hydrogen-bond acceptors (Lipinski definition) is 3. The van der Waals surface area contributed by atoms with Gasteiger partial charge in [-0.25, -0.2) is 0 Å². The summed E-state index contributed by atoms with van der Waals surface area (Å²) in [5.74, 6) is 1.37. The average Bonchev–Trinajstić information content (AvgIpc) is 2.36. The van der Waals surface area contributed by atoms with Crippen molar-refractivity contribution in [2.75, 3.05) is 5.73 Å². The second kappa shape index (κ2) is 4.80. The van der Waals surface area contributed by atoms with Crippen molar-refractivity contribution in [3.8, 4) is 17.6 Å². The molecule has 0 bridgehead atoms. The van der Waals surface area contributed by atoms with Gasteiger partial charge in [-0.1, -0.05) is 6.07 Å². The first-order valence-electron chi connectivity index (χ1n) is 5.65. The Labute approximate surface area is 106 Å². The van der Waals surface area contributed by atoms with Gasteiger partial charge in [-0.05, 0) is 49.2 Å². The van der Waals surface area contributed by atoms with Crippen LogP contribution in [0.3, 0.4) is 0 Å². The SMILES string of the molecule is Cc1ccc(Oc2ccc(N)c(C#N)c2)cc1C. The van der Waals surface area contributed by atoms with Crippen molar-refractivity contribution in [3.63, 3.8) is 0 Å². The van der Waals surface area contributed by atoms with Crippen LogP contribution in [0.25, 0.3) is 0 Å². The number of nitrogens with two attached hydrogens (primary N) is 1. The van der Waals surface area contributed by atoms with E-state index < -0.39 is 0 Å². The Morgan fingerprint density at radius 1 is 1.00 bits per heavy atom. The minimum atomic E-state index is 0.427. The third-order valence-corrected chi connectivity index (χ3v) is 2.86. The van der Waals surface area contributed by atoms with E-state index in [9.17, 15) is 0 Å². The van der Waals surface area contributed by atoms with Gasteiger partial charge in [0.25, 0.3) is 0 Å². The largest absolute Gasteiger partial charge is 0.457 e. The molecular weight excluding hydrogens is 224 g/mol. The van der Waals surface area contributed by atoms with Gasteiger partial charge in [0.2, 0.25) is 0 Å². The number of hydrogen-bond donors (Lipinski definition) is 1.